The second-order valence-corrected chi connectivity index (χ2v) is 13.7. The summed E-state index contributed by atoms with van der Waals surface area (Å²) in [4.78, 5) is 20.0. The Hall–Kier alpha value is -3.85. The highest BCUT2D eigenvalue weighted by Gasteiger charge is 2.51. The van der Waals surface area contributed by atoms with Gasteiger partial charge in [-0.05, 0) is 55.7 Å². The molecule has 2 atom stereocenters. The fraction of sp³-hybridized carbons (Fsp3) is 0.433. The van der Waals surface area contributed by atoms with Gasteiger partial charge in [0.2, 0.25) is 17.7 Å². The van der Waals surface area contributed by atoms with Crippen molar-refractivity contribution in [1.82, 2.24) is 10.3 Å². The molecular weight excluding hydrogens is 569 g/mol. The Morgan fingerprint density at radius 2 is 1.67 bits per heavy atom. The monoisotopic (exact) mass is 598 g/mol. The van der Waals surface area contributed by atoms with E-state index in [-0.39, 0.29) is 29.6 Å². The lowest BCUT2D eigenvalue weighted by molar-refractivity contribution is -0.134. The van der Waals surface area contributed by atoms with Crippen LogP contribution in [0.25, 0.3) is 22.7 Å². The first-order chi connectivity index (χ1) is 20.0. The van der Waals surface area contributed by atoms with Crippen molar-refractivity contribution in [2.24, 2.45) is 5.92 Å². The van der Waals surface area contributed by atoms with Crippen LogP contribution in [0.5, 0.6) is 0 Å². The zero-order chi connectivity index (χ0) is 29.7. The van der Waals surface area contributed by atoms with Crippen molar-refractivity contribution >= 4 is 21.4 Å². The Balaban J connectivity index is 1.37. The summed E-state index contributed by atoms with van der Waals surface area (Å²) in [6, 6.07) is 14.9. The average molecular weight is 599 g/mol. The number of amides is 1. The smallest absolute Gasteiger partial charge is 0.249 e. The number of benzene rings is 2. The van der Waals surface area contributed by atoms with Gasteiger partial charge in [-0.25, -0.2) is 26.6 Å². The van der Waals surface area contributed by atoms with Gasteiger partial charge in [-0.15, -0.1) is 0 Å². The van der Waals surface area contributed by atoms with E-state index >= 15 is 0 Å². The Kier molecular flexibility index (Phi) is 7.04. The molecule has 42 heavy (non-hydrogen) atoms. The van der Waals surface area contributed by atoms with Crippen molar-refractivity contribution in [2.75, 3.05) is 29.5 Å². The van der Waals surface area contributed by atoms with Crippen LogP contribution in [0.15, 0.2) is 52.9 Å². The Morgan fingerprint density at radius 1 is 1.02 bits per heavy atom. The van der Waals surface area contributed by atoms with Gasteiger partial charge in [0.1, 0.15) is 22.8 Å². The summed E-state index contributed by atoms with van der Waals surface area (Å²) in [7, 11) is -3.04. The number of aromatic nitrogens is 1. The first-order valence-corrected chi connectivity index (χ1v) is 15.7. The molecule has 0 bridgehead atoms. The van der Waals surface area contributed by atoms with E-state index in [0.717, 1.165) is 5.69 Å². The lowest BCUT2D eigenvalue weighted by Gasteiger charge is -2.34. The highest BCUT2D eigenvalue weighted by molar-refractivity contribution is 7.91. The molecule has 2 unspecified atom stereocenters. The van der Waals surface area contributed by atoms with E-state index in [1.807, 2.05) is 17.0 Å². The maximum Gasteiger partial charge on any atom is 0.249 e. The van der Waals surface area contributed by atoms with Crippen LogP contribution in [0.1, 0.15) is 43.8 Å². The lowest BCUT2D eigenvalue weighted by Crippen LogP contribution is -2.45. The quantitative estimate of drug-likeness (QED) is 0.421. The second kappa shape index (κ2) is 10.5. The van der Waals surface area contributed by atoms with E-state index < -0.39 is 57.7 Å². The van der Waals surface area contributed by atoms with Crippen molar-refractivity contribution in [2.45, 2.75) is 49.5 Å². The number of hydrogen-bond acceptors (Lipinski definition) is 7. The zero-order valence-corrected chi connectivity index (χ0v) is 23.5. The molecule has 2 heterocycles. The molecule has 1 amide bonds. The molecule has 2 aliphatic carbocycles. The van der Waals surface area contributed by atoms with Crippen molar-refractivity contribution < 1.29 is 30.8 Å². The highest BCUT2D eigenvalue weighted by Crippen LogP contribution is 2.49. The number of hydrogen-bond donors (Lipinski definition) is 1. The number of alkyl halides is 2. The number of anilines is 1. The topological polar surface area (TPSA) is 116 Å². The molecule has 0 spiro atoms. The van der Waals surface area contributed by atoms with E-state index in [2.05, 4.69) is 11.4 Å². The molecule has 12 heteroatoms. The maximum absolute atomic E-state index is 14.7. The minimum atomic E-state index is -3.05. The predicted molar refractivity (Wildman–Crippen MR) is 149 cm³/mol. The number of nitrogens with one attached hydrogen (secondary N) is 1. The first-order valence-electron chi connectivity index (χ1n) is 13.9. The van der Waals surface area contributed by atoms with E-state index in [4.69, 9.17) is 9.40 Å². The number of carbonyl (C=O) groups is 1. The largest absolute Gasteiger partial charge is 0.440 e. The molecule has 3 fully saturated rings. The minimum absolute atomic E-state index is 0.0317. The Morgan fingerprint density at radius 3 is 2.29 bits per heavy atom. The van der Waals surface area contributed by atoms with E-state index in [1.54, 1.807) is 12.1 Å². The van der Waals surface area contributed by atoms with Crippen LogP contribution < -0.4 is 10.2 Å². The van der Waals surface area contributed by atoms with Crippen molar-refractivity contribution in [3.63, 3.8) is 0 Å². The number of rotatable bonds is 6. The predicted octanol–water partition coefficient (Wildman–Crippen LogP) is 5.07. The molecule has 220 valence electrons. The number of nitrogens with zero attached hydrogens (tertiary/aromatic N) is 3. The molecule has 2 aromatic carbocycles. The molecular formula is C30H29F3N4O4S. The third kappa shape index (κ3) is 5.75. The normalized spacial score (nSPS) is 24.0. The lowest BCUT2D eigenvalue weighted by atomic mass is 9.74. The van der Waals surface area contributed by atoms with Crippen molar-refractivity contribution in [3.8, 4) is 28.8 Å². The van der Waals surface area contributed by atoms with Gasteiger partial charge in [0.25, 0.3) is 0 Å². The van der Waals surface area contributed by atoms with Gasteiger partial charge in [0.05, 0.1) is 23.5 Å². The number of carbonyl (C=O) groups excluding carboxylic acids is 1. The summed E-state index contributed by atoms with van der Waals surface area (Å²) in [5.74, 6) is -5.39. The van der Waals surface area contributed by atoms with Gasteiger partial charge >= 0.3 is 0 Å². The minimum Gasteiger partial charge on any atom is -0.440 e. The maximum atomic E-state index is 14.7. The first kappa shape index (κ1) is 28.3. The Labute approximate surface area is 241 Å². The molecule has 0 radical (unpaired) electrons. The summed E-state index contributed by atoms with van der Waals surface area (Å²) < 4.78 is 72.9. The zero-order valence-electron chi connectivity index (χ0n) is 22.7. The summed E-state index contributed by atoms with van der Waals surface area (Å²) in [6.45, 7) is 0.756. The van der Waals surface area contributed by atoms with Crippen molar-refractivity contribution in [1.29, 1.82) is 5.26 Å². The average Bonchev–Trinajstić information content (AvgIpc) is 3.60. The van der Waals surface area contributed by atoms with Crippen LogP contribution in [-0.2, 0) is 14.6 Å². The number of halogens is 3. The van der Waals surface area contributed by atoms with Gasteiger partial charge in [-0.1, -0.05) is 12.1 Å². The molecule has 3 aliphatic rings. The summed E-state index contributed by atoms with van der Waals surface area (Å²) >= 11 is 0. The molecule has 1 N–H and O–H groups in total. The van der Waals surface area contributed by atoms with Gasteiger partial charge in [-0.3, -0.25) is 4.79 Å². The van der Waals surface area contributed by atoms with Crippen molar-refractivity contribution in [3.05, 3.63) is 60.1 Å². The molecule has 1 aromatic heterocycles. The van der Waals surface area contributed by atoms with Crippen LogP contribution in [0, 0.1) is 23.1 Å². The standard InChI is InChI=1S/C30H29F3N4O4S/c31-21-5-1-20(2-6-21)28-35-25(19-3-7-22(8-4-19)37-13-15-42(39,40)16-14-37)26(41-28)23-9-10-30(32,33)17-24(23)27(38)36-29(18-34)11-12-29/h1-8,23-24H,9-17H2,(H,36,38). The summed E-state index contributed by atoms with van der Waals surface area (Å²) in [6.07, 6.45) is -0.210. The fourth-order valence-electron chi connectivity index (χ4n) is 5.75. The number of oxazole rings is 1. The third-order valence-corrected chi connectivity index (χ3v) is 10.0. The molecule has 8 nitrogen and oxygen atoms in total. The molecule has 3 aromatic rings. The molecule has 1 aliphatic heterocycles. The summed E-state index contributed by atoms with van der Waals surface area (Å²) in [5.41, 5.74) is 1.32. The van der Waals surface area contributed by atoms with Gasteiger partial charge < -0.3 is 14.6 Å². The van der Waals surface area contributed by atoms with E-state index in [1.165, 1.54) is 24.3 Å². The van der Waals surface area contributed by atoms with E-state index in [0.29, 0.717) is 42.8 Å². The third-order valence-electron chi connectivity index (χ3n) is 8.42. The van der Waals surface area contributed by atoms with Crippen LogP contribution >= 0.6 is 0 Å². The van der Waals surface area contributed by atoms with Crippen LogP contribution in [-0.4, -0.2) is 55.4 Å². The van der Waals surface area contributed by atoms with E-state index in [9.17, 15) is 31.6 Å². The second-order valence-electron chi connectivity index (χ2n) is 11.4. The van der Waals surface area contributed by atoms with Gasteiger partial charge in [0, 0.05) is 48.7 Å². The van der Waals surface area contributed by atoms with Gasteiger partial charge in [-0.2, -0.15) is 5.26 Å². The molecule has 1 saturated heterocycles. The fourth-order valence-corrected chi connectivity index (χ4v) is 6.95. The molecule has 6 rings (SSSR count). The van der Waals surface area contributed by atoms with Crippen LogP contribution in [0.2, 0.25) is 0 Å². The van der Waals surface area contributed by atoms with Gasteiger partial charge in [0.15, 0.2) is 9.84 Å². The molecule has 2 saturated carbocycles. The Bertz CT molecular complexity index is 1630. The number of sulfone groups is 1. The SMILES string of the molecule is N#CC1(NC(=O)C2CC(F)(F)CCC2c2oc(-c3ccc(F)cc3)nc2-c2ccc(N3CCS(=O)(=O)CC3)cc2)CC1. The number of nitriles is 1. The highest BCUT2D eigenvalue weighted by atomic mass is 32.2. The summed E-state index contributed by atoms with van der Waals surface area (Å²) in [5, 5.41) is 12.2. The van der Waals surface area contributed by atoms with Crippen LogP contribution in [0.4, 0.5) is 18.9 Å². The van der Waals surface area contributed by atoms with Crippen LogP contribution in [0.3, 0.4) is 0 Å².